The Morgan fingerprint density at radius 3 is 3.07 bits per heavy atom. The second-order valence-electron chi connectivity index (χ2n) is 3.11. The van der Waals surface area contributed by atoms with Crippen LogP contribution in [0.15, 0.2) is 24.4 Å². The molecule has 0 fully saturated rings. The first-order chi connectivity index (χ1) is 7.24. The number of anilines is 1. The van der Waals surface area contributed by atoms with E-state index >= 15 is 0 Å². The van der Waals surface area contributed by atoms with Crippen LogP contribution in [0.5, 0.6) is 0 Å². The third kappa shape index (κ3) is 1.90. The van der Waals surface area contributed by atoms with Crippen molar-refractivity contribution in [3.63, 3.8) is 0 Å². The van der Waals surface area contributed by atoms with E-state index < -0.39 is 0 Å². The molecule has 0 amide bonds. The van der Waals surface area contributed by atoms with Gasteiger partial charge >= 0.3 is 0 Å². The topological polar surface area (TPSA) is 30.3 Å². The molecule has 6 heteroatoms. The molecule has 0 saturated carbocycles. The summed E-state index contributed by atoms with van der Waals surface area (Å²) in [6.45, 7) is 0. The van der Waals surface area contributed by atoms with Crippen LogP contribution in [0.4, 0.5) is 5.69 Å². The monoisotopic (exact) mass is 243 g/mol. The molecular weight excluding hydrogens is 234 g/mol. The van der Waals surface area contributed by atoms with Crippen molar-refractivity contribution in [2.75, 3.05) is 11.4 Å². The number of hydrogen-bond acceptors (Lipinski definition) is 4. The molecule has 1 aromatic carbocycles. The molecule has 1 heterocycles. The number of fused-ring (bicyclic) bond motifs is 1. The Kier molecular flexibility index (Phi) is 3.04. The minimum absolute atomic E-state index is 1.02. The van der Waals surface area contributed by atoms with Gasteiger partial charge in [0.1, 0.15) is 12.2 Å². The first-order valence-electron chi connectivity index (χ1n) is 4.34. The van der Waals surface area contributed by atoms with E-state index in [1.165, 1.54) is 0 Å². The van der Waals surface area contributed by atoms with E-state index in [1.54, 1.807) is 0 Å². The van der Waals surface area contributed by atoms with Crippen molar-refractivity contribution in [3.8, 4) is 0 Å². The maximum Gasteiger partial charge on any atom is 0.135 e. The summed E-state index contributed by atoms with van der Waals surface area (Å²) in [4.78, 5) is 0. The molecule has 2 rings (SSSR count). The fourth-order valence-electron chi connectivity index (χ4n) is 1.52. The predicted octanol–water partition coefficient (Wildman–Crippen LogP) is 2.74. The van der Waals surface area contributed by atoms with Crippen molar-refractivity contribution in [3.05, 3.63) is 24.4 Å². The minimum atomic E-state index is 1.02. The maximum atomic E-state index is 5.20. The van der Waals surface area contributed by atoms with Gasteiger partial charge in [-0.25, -0.2) is 0 Å². The van der Waals surface area contributed by atoms with E-state index in [9.17, 15) is 0 Å². The molecule has 0 N–H and O–H groups in total. The van der Waals surface area contributed by atoms with Crippen molar-refractivity contribution >= 4 is 40.7 Å². The summed E-state index contributed by atoms with van der Waals surface area (Å²) < 4.78 is 8.18. The third-order valence-corrected chi connectivity index (χ3v) is 2.89. The van der Waals surface area contributed by atoms with Gasteiger partial charge in [-0.3, -0.25) is 8.99 Å². The van der Waals surface area contributed by atoms with Gasteiger partial charge in [-0.2, -0.15) is 8.83 Å². The zero-order valence-electron chi connectivity index (χ0n) is 8.35. The summed E-state index contributed by atoms with van der Waals surface area (Å²) in [5.41, 5.74) is 2.10. The molecule has 0 bridgehead atoms. The fourth-order valence-corrected chi connectivity index (χ4v) is 2.10. The van der Waals surface area contributed by atoms with Crippen LogP contribution in [-0.2, 0) is 10.8 Å². The summed E-state index contributed by atoms with van der Waals surface area (Å²) in [6, 6.07) is 5.99. The van der Waals surface area contributed by atoms with Crippen molar-refractivity contribution in [1.82, 2.24) is 9.78 Å². The first-order valence-corrected chi connectivity index (χ1v) is 5.34. The molecule has 0 atom stereocenters. The van der Waals surface area contributed by atoms with Gasteiger partial charge in [0.05, 0.1) is 29.3 Å². The highest BCUT2D eigenvalue weighted by molar-refractivity contribution is 7.96. The van der Waals surface area contributed by atoms with Gasteiger partial charge in [-0.15, -0.1) is 0 Å². The lowest BCUT2D eigenvalue weighted by Crippen LogP contribution is -2.05. The quantitative estimate of drug-likeness (QED) is 0.613. The fraction of sp³-hybridized carbons (Fsp3) is 0.222. The van der Waals surface area contributed by atoms with Crippen LogP contribution < -0.4 is 4.31 Å². The van der Waals surface area contributed by atoms with E-state index in [0.29, 0.717) is 0 Å². The van der Waals surface area contributed by atoms with E-state index in [4.69, 9.17) is 11.9 Å². The Morgan fingerprint density at radius 1 is 1.53 bits per heavy atom. The van der Waals surface area contributed by atoms with Crippen LogP contribution in [0.2, 0.25) is 0 Å². The largest absolute Gasteiger partial charge is 0.294 e. The van der Waals surface area contributed by atoms with Gasteiger partial charge in [0, 0.05) is 19.5 Å². The lowest BCUT2D eigenvalue weighted by atomic mass is 10.2. The molecule has 0 spiro atoms. The summed E-state index contributed by atoms with van der Waals surface area (Å²) in [6.07, 6.45) is 1.83. The number of benzene rings is 1. The zero-order valence-corrected chi connectivity index (χ0v) is 9.92. The average molecular weight is 244 g/mol. The Morgan fingerprint density at radius 2 is 2.33 bits per heavy atom. The number of aromatic nitrogens is 2. The third-order valence-electron chi connectivity index (χ3n) is 2.25. The Labute approximate surface area is 97.3 Å². The van der Waals surface area contributed by atoms with E-state index in [0.717, 1.165) is 28.8 Å². The second kappa shape index (κ2) is 4.30. The molecule has 0 aliphatic rings. The lowest BCUT2D eigenvalue weighted by Gasteiger charge is -2.15. The molecule has 0 radical (unpaired) electrons. The van der Waals surface area contributed by atoms with Crippen LogP contribution >= 0.6 is 24.1 Å². The van der Waals surface area contributed by atoms with Crippen molar-refractivity contribution in [2.24, 2.45) is 7.05 Å². The van der Waals surface area contributed by atoms with Crippen LogP contribution in [0.25, 0.3) is 10.9 Å². The molecule has 0 aliphatic carbocycles. The number of aryl methyl sites for hydroxylation is 1. The van der Waals surface area contributed by atoms with E-state index in [-0.39, 0.29) is 0 Å². The molecule has 2 aromatic rings. The van der Waals surface area contributed by atoms with Gasteiger partial charge in [0.15, 0.2) is 0 Å². The van der Waals surface area contributed by atoms with Crippen molar-refractivity contribution < 1.29 is 3.74 Å². The zero-order chi connectivity index (χ0) is 10.8. The molecule has 0 aliphatic heterocycles. The molecule has 80 valence electrons. The molecule has 1 aromatic heterocycles. The Hall–Kier alpha value is -0.910. The standard InChI is InChI=1S/C9H10ClN3OS/c1-12-8-4-3-5-9(7(8)6-11-12)13(2)15-14-10/h3-6H,1-2H3. The number of halogens is 1. The highest BCUT2D eigenvalue weighted by Crippen LogP contribution is 2.29. The molecule has 4 nitrogen and oxygen atoms in total. The number of hydrogen-bond donors (Lipinski definition) is 0. The summed E-state index contributed by atoms with van der Waals surface area (Å²) in [5.74, 6) is 0. The van der Waals surface area contributed by atoms with Gasteiger partial charge in [-0.1, -0.05) is 6.07 Å². The normalized spacial score (nSPS) is 10.9. The highest BCUT2D eigenvalue weighted by atomic mass is 35.5. The second-order valence-corrected chi connectivity index (χ2v) is 4.31. The Balaban J connectivity index is 2.51. The predicted molar refractivity (Wildman–Crippen MR) is 63.6 cm³/mol. The Bertz CT molecular complexity index is 473. The van der Waals surface area contributed by atoms with Gasteiger partial charge < -0.3 is 0 Å². The van der Waals surface area contributed by atoms with Crippen molar-refractivity contribution in [1.29, 1.82) is 0 Å². The van der Waals surface area contributed by atoms with Gasteiger partial charge in [0.25, 0.3) is 0 Å². The molecule has 0 unspecified atom stereocenters. The molecular formula is C9H10ClN3OS. The molecule has 15 heavy (non-hydrogen) atoms. The summed E-state index contributed by atoms with van der Waals surface area (Å²) in [7, 11) is 3.80. The van der Waals surface area contributed by atoms with Crippen LogP contribution in [0.1, 0.15) is 0 Å². The number of rotatable bonds is 3. The summed E-state index contributed by atoms with van der Waals surface area (Å²) in [5, 5.41) is 5.28. The summed E-state index contributed by atoms with van der Waals surface area (Å²) >= 11 is 6.27. The SMILES string of the molecule is CN(SOCl)c1cccc2c1cnn2C. The maximum absolute atomic E-state index is 5.20. The van der Waals surface area contributed by atoms with Crippen LogP contribution in [0, 0.1) is 0 Å². The van der Waals surface area contributed by atoms with E-state index in [2.05, 4.69) is 8.83 Å². The number of nitrogens with zero attached hydrogens (tertiary/aromatic N) is 3. The first kappa shape index (κ1) is 10.6. The molecule has 0 saturated heterocycles. The average Bonchev–Trinajstić information content (AvgIpc) is 2.61. The highest BCUT2D eigenvalue weighted by Gasteiger charge is 2.09. The van der Waals surface area contributed by atoms with E-state index in [1.807, 2.05) is 47.5 Å². The van der Waals surface area contributed by atoms with Crippen LogP contribution in [0.3, 0.4) is 0 Å². The van der Waals surface area contributed by atoms with Crippen molar-refractivity contribution in [2.45, 2.75) is 0 Å². The van der Waals surface area contributed by atoms with Gasteiger partial charge in [-0.05, 0) is 12.1 Å². The van der Waals surface area contributed by atoms with Crippen LogP contribution in [-0.4, -0.2) is 16.8 Å². The lowest BCUT2D eigenvalue weighted by molar-refractivity contribution is 0.725. The smallest absolute Gasteiger partial charge is 0.135 e. The van der Waals surface area contributed by atoms with Gasteiger partial charge in [0.2, 0.25) is 0 Å². The minimum Gasteiger partial charge on any atom is -0.294 e.